The summed E-state index contributed by atoms with van der Waals surface area (Å²) in [6.45, 7) is 3.28. The van der Waals surface area contributed by atoms with Crippen molar-refractivity contribution in [3.8, 4) is 11.3 Å². The second-order valence-electron chi connectivity index (χ2n) is 6.08. The van der Waals surface area contributed by atoms with Crippen LogP contribution in [0.5, 0.6) is 0 Å². The lowest BCUT2D eigenvalue weighted by Crippen LogP contribution is -2.36. The Bertz CT molecular complexity index is 923. The Balaban J connectivity index is 1.48. The Hall–Kier alpha value is -2.22. The molecule has 1 fully saturated rings. The highest BCUT2D eigenvalue weighted by Gasteiger charge is 2.14. The fourth-order valence-corrected chi connectivity index (χ4v) is 3.95. The topological polar surface area (TPSA) is 49.8 Å². The number of hydrogen-bond acceptors (Lipinski definition) is 6. The van der Waals surface area contributed by atoms with E-state index in [1.165, 1.54) is 0 Å². The number of nitrogens with one attached hydrogen (secondary N) is 1. The average Bonchev–Trinajstić information content (AvgIpc) is 3.19. The summed E-state index contributed by atoms with van der Waals surface area (Å²) in [6.07, 6.45) is 1.85. The van der Waals surface area contributed by atoms with Crippen molar-refractivity contribution in [2.24, 2.45) is 5.10 Å². The maximum atomic E-state index is 5.46. The van der Waals surface area contributed by atoms with Crippen LogP contribution in [0, 0.1) is 0 Å². The molecule has 7 heteroatoms. The van der Waals surface area contributed by atoms with Crippen LogP contribution in [0.15, 0.2) is 63.5 Å². The van der Waals surface area contributed by atoms with E-state index in [1.54, 1.807) is 11.3 Å². The zero-order valence-electron chi connectivity index (χ0n) is 14.6. The number of morpholine rings is 1. The van der Waals surface area contributed by atoms with E-state index in [1.807, 2.05) is 35.9 Å². The Morgan fingerprint density at radius 2 is 1.96 bits per heavy atom. The molecule has 1 saturated heterocycles. The lowest BCUT2D eigenvalue weighted by atomic mass is 10.1. The second-order valence-corrected chi connectivity index (χ2v) is 7.85. The zero-order chi connectivity index (χ0) is 18.5. The first-order valence-electron chi connectivity index (χ1n) is 8.72. The van der Waals surface area contributed by atoms with Crippen LogP contribution >= 0.6 is 27.3 Å². The Morgan fingerprint density at radius 1 is 1.15 bits per heavy atom. The lowest BCUT2D eigenvalue weighted by Gasteiger charge is -2.30. The van der Waals surface area contributed by atoms with Crippen molar-refractivity contribution in [1.82, 2.24) is 4.98 Å². The monoisotopic (exact) mass is 442 g/mol. The van der Waals surface area contributed by atoms with E-state index in [2.05, 4.69) is 60.6 Å². The lowest BCUT2D eigenvalue weighted by molar-refractivity contribution is 0.122. The molecule has 2 aromatic carbocycles. The SMILES string of the molecule is Brc1ccc(C=NNc2nc(-c3ccccc3)cs2)c(N2CCOCC2)c1. The number of benzene rings is 2. The molecule has 4 rings (SSSR count). The van der Waals surface area contributed by atoms with Gasteiger partial charge < -0.3 is 9.64 Å². The molecule has 0 radical (unpaired) electrons. The van der Waals surface area contributed by atoms with Gasteiger partial charge in [0.2, 0.25) is 5.13 Å². The number of rotatable bonds is 5. The van der Waals surface area contributed by atoms with Crippen LogP contribution in [0.25, 0.3) is 11.3 Å². The van der Waals surface area contributed by atoms with Crippen molar-refractivity contribution in [1.29, 1.82) is 0 Å². The summed E-state index contributed by atoms with van der Waals surface area (Å²) >= 11 is 5.11. The van der Waals surface area contributed by atoms with Crippen LogP contribution < -0.4 is 10.3 Å². The van der Waals surface area contributed by atoms with Gasteiger partial charge in [-0.15, -0.1) is 11.3 Å². The van der Waals surface area contributed by atoms with Crippen molar-refractivity contribution in [3.63, 3.8) is 0 Å². The first-order valence-corrected chi connectivity index (χ1v) is 10.4. The Labute approximate surface area is 170 Å². The number of aromatic nitrogens is 1. The molecule has 0 saturated carbocycles. The van der Waals surface area contributed by atoms with Crippen molar-refractivity contribution in [3.05, 3.63) is 63.9 Å². The van der Waals surface area contributed by atoms with E-state index in [-0.39, 0.29) is 0 Å². The molecule has 3 aromatic rings. The molecule has 0 spiro atoms. The number of hydrazone groups is 1. The quantitative estimate of drug-likeness (QED) is 0.452. The minimum Gasteiger partial charge on any atom is -0.378 e. The second kappa shape index (κ2) is 8.65. The maximum Gasteiger partial charge on any atom is 0.203 e. The van der Waals surface area contributed by atoms with Crippen LogP contribution in [0.2, 0.25) is 0 Å². The Kier molecular flexibility index (Phi) is 5.81. The van der Waals surface area contributed by atoms with Gasteiger partial charge in [-0.2, -0.15) is 5.10 Å². The molecular formula is C20H19BrN4OS. The van der Waals surface area contributed by atoms with Crippen LogP contribution in [0.1, 0.15) is 5.56 Å². The van der Waals surface area contributed by atoms with Crippen LogP contribution in [-0.2, 0) is 4.74 Å². The van der Waals surface area contributed by atoms with Crippen LogP contribution in [-0.4, -0.2) is 37.5 Å². The molecule has 1 aliphatic heterocycles. The van der Waals surface area contributed by atoms with Crippen molar-refractivity contribution < 1.29 is 4.74 Å². The van der Waals surface area contributed by atoms with Gasteiger partial charge in [0.1, 0.15) is 0 Å². The zero-order valence-corrected chi connectivity index (χ0v) is 17.0. The van der Waals surface area contributed by atoms with E-state index in [9.17, 15) is 0 Å². The molecule has 138 valence electrons. The summed E-state index contributed by atoms with van der Waals surface area (Å²) < 4.78 is 6.52. The molecule has 1 aromatic heterocycles. The summed E-state index contributed by atoms with van der Waals surface area (Å²) in [6, 6.07) is 16.4. The van der Waals surface area contributed by atoms with E-state index < -0.39 is 0 Å². The maximum absolute atomic E-state index is 5.46. The molecule has 2 heterocycles. The molecule has 27 heavy (non-hydrogen) atoms. The summed E-state index contributed by atoms with van der Waals surface area (Å²) in [5, 5.41) is 7.21. The molecule has 0 amide bonds. The first-order chi connectivity index (χ1) is 13.3. The minimum atomic E-state index is 0.753. The molecule has 1 N–H and O–H groups in total. The number of halogens is 1. The van der Waals surface area contributed by atoms with E-state index in [0.717, 1.165) is 58.4 Å². The largest absolute Gasteiger partial charge is 0.378 e. The van der Waals surface area contributed by atoms with Gasteiger partial charge in [0.15, 0.2) is 0 Å². The fraction of sp³-hybridized carbons (Fsp3) is 0.200. The molecular weight excluding hydrogens is 424 g/mol. The highest BCUT2D eigenvalue weighted by Crippen LogP contribution is 2.26. The van der Waals surface area contributed by atoms with Crippen LogP contribution in [0.4, 0.5) is 10.8 Å². The van der Waals surface area contributed by atoms with E-state index in [0.29, 0.717) is 0 Å². The minimum absolute atomic E-state index is 0.753. The predicted molar refractivity (Wildman–Crippen MR) is 116 cm³/mol. The van der Waals surface area contributed by atoms with Crippen molar-refractivity contribution in [2.45, 2.75) is 0 Å². The normalized spacial score (nSPS) is 14.6. The molecule has 0 unspecified atom stereocenters. The number of thiazole rings is 1. The van der Waals surface area contributed by atoms with Crippen molar-refractivity contribution in [2.75, 3.05) is 36.6 Å². The van der Waals surface area contributed by atoms with Gasteiger partial charge in [0, 0.05) is 39.8 Å². The highest BCUT2D eigenvalue weighted by molar-refractivity contribution is 9.10. The molecule has 0 bridgehead atoms. The Morgan fingerprint density at radius 3 is 2.78 bits per heavy atom. The van der Waals surface area contributed by atoms with Gasteiger partial charge in [-0.25, -0.2) is 4.98 Å². The number of anilines is 2. The van der Waals surface area contributed by atoms with Gasteiger partial charge in [-0.1, -0.05) is 52.3 Å². The van der Waals surface area contributed by atoms with Crippen molar-refractivity contribution >= 4 is 44.3 Å². The third-order valence-electron chi connectivity index (χ3n) is 4.28. The van der Waals surface area contributed by atoms with E-state index >= 15 is 0 Å². The summed E-state index contributed by atoms with van der Waals surface area (Å²) in [5.74, 6) is 0. The standard InChI is InChI=1S/C20H19BrN4OS/c21-17-7-6-16(19(12-17)25-8-10-26-11-9-25)13-22-24-20-23-18(14-27-20)15-4-2-1-3-5-15/h1-7,12-14H,8-11H2,(H,23,24). The van der Waals surface area contributed by atoms with Gasteiger partial charge in [-0.3, -0.25) is 5.43 Å². The molecule has 0 atom stereocenters. The third kappa shape index (κ3) is 4.55. The molecule has 1 aliphatic rings. The first kappa shape index (κ1) is 18.2. The summed E-state index contributed by atoms with van der Waals surface area (Å²) in [7, 11) is 0. The molecule has 0 aliphatic carbocycles. The summed E-state index contributed by atoms with van der Waals surface area (Å²) in [4.78, 5) is 6.92. The predicted octanol–water partition coefficient (Wildman–Crippen LogP) is 4.86. The van der Waals surface area contributed by atoms with Gasteiger partial charge in [-0.05, 0) is 12.1 Å². The number of hydrogen-bond donors (Lipinski definition) is 1. The average molecular weight is 443 g/mol. The molecule has 5 nitrogen and oxygen atoms in total. The van der Waals surface area contributed by atoms with Gasteiger partial charge >= 0.3 is 0 Å². The number of nitrogens with zero attached hydrogens (tertiary/aromatic N) is 3. The van der Waals surface area contributed by atoms with E-state index in [4.69, 9.17) is 4.74 Å². The summed E-state index contributed by atoms with van der Waals surface area (Å²) in [5.41, 5.74) is 7.33. The fourth-order valence-electron chi connectivity index (χ4n) is 2.93. The number of ether oxygens (including phenoxy) is 1. The highest BCUT2D eigenvalue weighted by atomic mass is 79.9. The third-order valence-corrected chi connectivity index (χ3v) is 5.52. The smallest absolute Gasteiger partial charge is 0.203 e. The van der Waals surface area contributed by atoms with Gasteiger partial charge in [0.25, 0.3) is 0 Å². The van der Waals surface area contributed by atoms with Crippen LogP contribution in [0.3, 0.4) is 0 Å². The van der Waals surface area contributed by atoms with Gasteiger partial charge in [0.05, 0.1) is 25.1 Å².